The number of sulfonamides is 1. The quantitative estimate of drug-likeness (QED) is 0.858. The lowest BCUT2D eigenvalue weighted by Gasteiger charge is -2.04. The smallest absolute Gasteiger partial charge is 0.233 e. The monoisotopic (exact) mass is 275 g/mol. The highest BCUT2D eigenvalue weighted by Crippen LogP contribution is 2.16. The average molecular weight is 276 g/mol. The first-order chi connectivity index (χ1) is 7.91. The van der Waals surface area contributed by atoms with E-state index in [1.165, 1.54) is 13.0 Å². The van der Waals surface area contributed by atoms with Gasteiger partial charge in [-0.05, 0) is 24.6 Å². The molecule has 1 aromatic carbocycles. The predicted molar refractivity (Wildman–Crippen MR) is 69.1 cm³/mol. The van der Waals surface area contributed by atoms with Crippen LogP contribution in [0.5, 0.6) is 0 Å². The van der Waals surface area contributed by atoms with Gasteiger partial charge < -0.3 is 5.11 Å². The van der Waals surface area contributed by atoms with Gasteiger partial charge in [-0.3, -0.25) is 0 Å². The fraction of sp³-hybridized carbons (Fsp3) is 0.273. The Hall–Kier alpha value is -0.880. The number of benzene rings is 1. The highest BCUT2D eigenvalue weighted by Gasteiger charge is 2.06. The Kier molecular flexibility index (Phi) is 5.14. The SMILES string of the molecule is CC(O)CNS(=O)(=O)/C=C/c1ccccc1Cl. The standard InChI is InChI=1S/C11H14ClNO3S/c1-9(14)8-13-17(15,16)7-6-10-4-2-3-5-11(10)12/h2-7,9,13-14H,8H2,1H3/b7-6+. The molecule has 0 spiro atoms. The number of aliphatic hydroxyl groups excluding tert-OH is 1. The average Bonchev–Trinajstić information content (AvgIpc) is 2.26. The van der Waals surface area contributed by atoms with Crippen molar-refractivity contribution in [3.05, 3.63) is 40.3 Å². The van der Waals surface area contributed by atoms with Gasteiger partial charge in [0.1, 0.15) is 0 Å². The molecular weight excluding hydrogens is 262 g/mol. The molecule has 0 radical (unpaired) electrons. The molecule has 4 nitrogen and oxygen atoms in total. The third-order valence-electron chi connectivity index (χ3n) is 1.91. The lowest BCUT2D eigenvalue weighted by atomic mass is 10.2. The van der Waals surface area contributed by atoms with Crippen molar-refractivity contribution in [3.63, 3.8) is 0 Å². The summed E-state index contributed by atoms with van der Waals surface area (Å²) < 4.78 is 25.2. The maximum atomic E-state index is 11.5. The summed E-state index contributed by atoms with van der Waals surface area (Å²) in [5.74, 6) is 0. The minimum Gasteiger partial charge on any atom is -0.392 e. The second-order valence-electron chi connectivity index (χ2n) is 3.57. The molecule has 0 saturated heterocycles. The third kappa shape index (κ3) is 5.32. The van der Waals surface area contributed by atoms with Gasteiger partial charge in [-0.1, -0.05) is 29.8 Å². The first-order valence-corrected chi connectivity index (χ1v) is 6.93. The molecule has 1 atom stereocenters. The van der Waals surface area contributed by atoms with Crippen LogP contribution in [0.3, 0.4) is 0 Å². The first-order valence-electron chi connectivity index (χ1n) is 5.01. The Morgan fingerprint density at radius 3 is 2.71 bits per heavy atom. The zero-order chi connectivity index (χ0) is 12.9. The largest absolute Gasteiger partial charge is 0.392 e. The maximum absolute atomic E-state index is 11.5. The summed E-state index contributed by atoms with van der Waals surface area (Å²) in [6, 6.07) is 6.92. The molecule has 0 heterocycles. The van der Waals surface area contributed by atoms with Crippen LogP contribution in [-0.2, 0) is 10.0 Å². The maximum Gasteiger partial charge on any atom is 0.233 e. The van der Waals surface area contributed by atoms with Crippen LogP contribution in [0.15, 0.2) is 29.7 Å². The van der Waals surface area contributed by atoms with E-state index in [1.807, 2.05) is 0 Å². The third-order valence-corrected chi connectivity index (χ3v) is 3.32. The van der Waals surface area contributed by atoms with E-state index in [2.05, 4.69) is 4.72 Å². The zero-order valence-electron chi connectivity index (χ0n) is 9.30. The van der Waals surface area contributed by atoms with Crippen molar-refractivity contribution in [3.8, 4) is 0 Å². The molecule has 0 amide bonds. The van der Waals surface area contributed by atoms with E-state index in [9.17, 15) is 8.42 Å². The van der Waals surface area contributed by atoms with Gasteiger partial charge in [0.25, 0.3) is 0 Å². The van der Waals surface area contributed by atoms with E-state index in [1.54, 1.807) is 24.3 Å². The summed E-state index contributed by atoms with van der Waals surface area (Å²) in [7, 11) is -3.54. The Bertz CT molecular complexity index is 497. The molecule has 0 aliphatic carbocycles. The van der Waals surface area contributed by atoms with Gasteiger partial charge in [0, 0.05) is 17.0 Å². The summed E-state index contributed by atoms with van der Waals surface area (Å²) in [6.45, 7) is 1.48. The molecule has 0 aliphatic heterocycles. The van der Waals surface area contributed by atoms with Crippen molar-refractivity contribution in [1.29, 1.82) is 0 Å². The molecule has 0 bridgehead atoms. The number of aliphatic hydroxyl groups is 1. The van der Waals surface area contributed by atoms with E-state index in [4.69, 9.17) is 16.7 Å². The summed E-state index contributed by atoms with van der Waals surface area (Å²) in [4.78, 5) is 0. The summed E-state index contributed by atoms with van der Waals surface area (Å²) in [6.07, 6.45) is 0.686. The van der Waals surface area contributed by atoms with Crippen molar-refractivity contribution >= 4 is 27.7 Å². The Labute approximate surface area is 106 Å². The fourth-order valence-electron chi connectivity index (χ4n) is 1.06. The van der Waals surface area contributed by atoms with Gasteiger partial charge in [-0.25, -0.2) is 13.1 Å². The van der Waals surface area contributed by atoms with Gasteiger partial charge in [0.2, 0.25) is 10.0 Å². The molecule has 1 unspecified atom stereocenters. The van der Waals surface area contributed by atoms with Crippen LogP contribution in [0.2, 0.25) is 5.02 Å². The highest BCUT2D eigenvalue weighted by atomic mass is 35.5. The molecular formula is C11H14ClNO3S. The Balaban J connectivity index is 2.74. The summed E-state index contributed by atoms with van der Waals surface area (Å²) in [5, 5.41) is 10.5. The Morgan fingerprint density at radius 1 is 1.47 bits per heavy atom. The number of nitrogens with one attached hydrogen (secondary N) is 1. The van der Waals surface area contributed by atoms with E-state index in [0.29, 0.717) is 10.6 Å². The van der Waals surface area contributed by atoms with Crippen LogP contribution in [0.1, 0.15) is 12.5 Å². The second kappa shape index (κ2) is 6.16. The van der Waals surface area contributed by atoms with Gasteiger partial charge in [0.05, 0.1) is 6.10 Å². The molecule has 94 valence electrons. The number of halogens is 1. The summed E-state index contributed by atoms with van der Waals surface area (Å²) in [5.41, 5.74) is 0.622. The van der Waals surface area contributed by atoms with Crippen molar-refractivity contribution in [1.82, 2.24) is 4.72 Å². The fourth-order valence-corrected chi connectivity index (χ4v) is 2.15. The van der Waals surface area contributed by atoms with Crippen molar-refractivity contribution in [2.75, 3.05) is 6.54 Å². The van der Waals surface area contributed by atoms with Crippen LogP contribution in [0.25, 0.3) is 6.08 Å². The molecule has 6 heteroatoms. The van der Waals surface area contributed by atoms with Gasteiger partial charge >= 0.3 is 0 Å². The molecule has 0 saturated carbocycles. The normalized spacial score (nSPS) is 14.1. The van der Waals surface area contributed by atoms with Crippen LogP contribution in [0.4, 0.5) is 0 Å². The van der Waals surface area contributed by atoms with E-state index < -0.39 is 16.1 Å². The minimum absolute atomic E-state index is 0.0187. The second-order valence-corrected chi connectivity index (χ2v) is 5.62. The molecule has 1 aromatic rings. The molecule has 0 aliphatic rings. The van der Waals surface area contributed by atoms with E-state index in [0.717, 1.165) is 5.41 Å². The van der Waals surface area contributed by atoms with Crippen molar-refractivity contribution in [2.45, 2.75) is 13.0 Å². The molecule has 2 N–H and O–H groups in total. The lowest BCUT2D eigenvalue weighted by Crippen LogP contribution is -2.28. The van der Waals surface area contributed by atoms with Crippen LogP contribution in [0, 0.1) is 0 Å². The van der Waals surface area contributed by atoms with Crippen molar-refractivity contribution < 1.29 is 13.5 Å². The first kappa shape index (κ1) is 14.2. The summed E-state index contributed by atoms with van der Waals surface area (Å²) >= 11 is 5.87. The van der Waals surface area contributed by atoms with Crippen LogP contribution in [-0.4, -0.2) is 26.2 Å². The minimum atomic E-state index is -3.54. The molecule has 0 fully saturated rings. The lowest BCUT2D eigenvalue weighted by molar-refractivity contribution is 0.199. The molecule has 0 aromatic heterocycles. The van der Waals surface area contributed by atoms with Crippen molar-refractivity contribution in [2.24, 2.45) is 0 Å². The molecule has 17 heavy (non-hydrogen) atoms. The number of rotatable bonds is 5. The van der Waals surface area contributed by atoms with Crippen LogP contribution >= 0.6 is 11.6 Å². The number of hydrogen-bond acceptors (Lipinski definition) is 3. The zero-order valence-corrected chi connectivity index (χ0v) is 10.9. The van der Waals surface area contributed by atoms with Gasteiger partial charge in [-0.15, -0.1) is 0 Å². The van der Waals surface area contributed by atoms with E-state index in [-0.39, 0.29) is 6.54 Å². The van der Waals surface area contributed by atoms with Gasteiger partial charge in [0.15, 0.2) is 0 Å². The molecule has 1 rings (SSSR count). The topological polar surface area (TPSA) is 66.4 Å². The van der Waals surface area contributed by atoms with Crippen LogP contribution < -0.4 is 4.72 Å². The Morgan fingerprint density at radius 2 is 2.12 bits per heavy atom. The van der Waals surface area contributed by atoms with E-state index >= 15 is 0 Å². The highest BCUT2D eigenvalue weighted by molar-refractivity contribution is 7.92. The predicted octanol–water partition coefficient (Wildman–Crippen LogP) is 1.61. The number of hydrogen-bond donors (Lipinski definition) is 2. The van der Waals surface area contributed by atoms with Gasteiger partial charge in [-0.2, -0.15) is 0 Å².